The molecule has 0 saturated carbocycles. The van der Waals surface area contributed by atoms with E-state index in [0.717, 1.165) is 10.9 Å². The van der Waals surface area contributed by atoms with Crippen LogP contribution < -0.4 is 4.74 Å². The first-order chi connectivity index (χ1) is 11.7. The maximum absolute atomic E-state index is 11.6. The van der Waals surface area contributed by atoms with Gasteiger partial charge in [0.25, 0.3) is 0 Å². The Morgan fingerprint density at radius 1 is 1.00 bits per heavy atom. The number of carboxylic acid groups (broad SMARTS) is 1. The van der Waals surface area contributed by atoms with E-state index in [9.17, 15) is 9.90 Å². The van der Waals surface area contributed by atoms with Crippen LogP contribution >= 0.6 is 0 Å². The minimum absolute atomic E-state index is 0.100. The van der Waals surface area contributed by atoms with Crippen molar-refractivity contribution in [2.75, 3.05) is 7.11 Å². The molecule has 0 fully saturated rings. The van der Waals surface area contributed by atoms with Crippen LogP contribution in [0.15, 0.2) is 54.6 Å². The predicted octanol–water partition coefficient (Wildman–Crippen LogP) is 3.66. The number of benzene rings is 2. The largest absolute Gasteiger partial charge is 0.486 e. The Morgan fingerprint density at radius 3 is 2.33 bits per heavy atom. The fraction of sp³-hybridized carbons (Fsp3) is 0.158. The van der Waals surface area contributed by atoms with Gasteiger partial charge in [0.1, 0.15) is 6.61 Å². The molecule has 0 aliphatic heterocycles. The lowest BCUT2D eigenvalue weighted by Crippen LogP contribution is -2.09. The van der Waals surface area contributed by atoms with Gasteiger partial charge in [-0.05, 0) is 5.56 Å². The van der Waals surface area contributed by atoms with Gasteiger partial charge in [-0.15, -0.1) is 0 Å². The zero-order chi connectivity index (χ0) is 16.9. The molecule has 0 bridgehead atoms. The van der Waals surface area contributed by atoms with Crippen molar-refractivity contribution in [3.05, 3.63) is 71.5 Å². The fourth-order valence-corrected chi connectivity index (χ4v) is 2.57. The summed E-state index contributed by atoms with van der Waals surface area (Å²) < 4.78 is 11.0. The second kappa shape index (κ2) is 7.10. The lowest BCUT2D eigenvalue weighted by atomic mass is 10.1. The molecule has 122 valence electrons. The summed E-state index contributed by atoms with van der Waals surface area (Å²) in [6.07, 6.45) is 0. The van der Waals surface area contributed by atoms with Crippen LogP contribution in [0, 0.1) is 0 Å². The summed E-state index contributed by atoms with van der Waals surface area (Å²) in [6, 6.07) is 17.0. The van der Waals surface area contributed by atoms with Crippen LogP contribution in [0.25, 0.3) is 10.8 Å². The zero-order valence-electron chi connectivity index (χ0n) is 13.2. The number of carbonyl (C=O) groups is 1. The Labute approximate surface area is 139 Å². The van der Waals surface area contributed by atoms with Crippen LogP contribution in [0.4, 0.5) is 0 Å². The van der Waals surface area contributed by atoms with Crippen LogP contribution in [0.1, 0.15) is 21.7 Å². The van der Waals surface area contributed by atoms with Crippen LogP contribution in [0.5, 0.6) is 5.75 Å². The van der Waals surface area contributed by atoms with Gasteiger partial charge in [0.15, 0.2) is 11.4 Å². The molecule has 1 aromatic heterocycles. The standard InChI is InChI=1S/C19H17NO4/c1-23-12-16-14-9-5-6-10-15(14)18(17(20-16)19(21)22)24-11-13-7-3-2-4-8-13/h2-10H,11-12H2,1H3,(H,21,22). The van der Waals surface area contributed by atoms with Gasteiger partial charge >= 0.3 is 5.97 Å². The van der Waals surface area contributed by atoms with E-state index in [1.165, 1.54) is 0 Å². The van der Waals surface area contributed by atoms with Gasteiger partial charge in [-0.2, -0.15) is 0 Å². The van der Waals surface area contributed by atoms with Crippen LogP contribution in [0.2, 0.25) is 0 Å². The summed E-state index contributed by atoms with van der Waals surface area (Å²) >= 11 is 0. The SMILES string of the molecule is COCc1nc(C(=O)O)c(OCc2ccccc2)c2ccccc12. The maximum Gasteiger partial charge on any atom is 0.358 e. The van der Waals surface area contributed by atoms with Crippen molar-refractivity contribution in [2.45, 2.75) is 13.2 Å². The highest BCUT2D eigenvalue weighted by molar-refractivity contribution is 5.99. The van der Waals surface area contributed by atoms with Crippen LogP contribution in [-0.2, 0) is 18.0 Å². The molecule has 0 radical (unpaired) electrons. The highest BCUT2D eigenvalue weighted by Gasteiger charge is 2.20. The highest BCUT2D eigenvalue weighted by atomic mass is 16.5. The van der Waals surface area contributed by atoms with Crippen molar-refractivity contribution in [1.82, 2.24) is 4.98 Å². The molecule has 0 unspecified atom stereocenters. The molecule has 0 atom stereocenters. The lowest BCUT2D eigenvalue weighted by molar-refractivity contribution is 0.0684. The molecule has 3 aromatic rings. The zero-order valence-corrected chi connectivity index (χ0v) is 13.2. The third-order valence-electron chi connectivity index (χ3n) is 3.65. The van der Waals surface area contributed by atoms with Crippen molar-refractivity contribution in [2.24, 2.45) is 0 Å². The highest BCUT2D eigenvalue weighted by Crippen LogP contribution is 2.31. The van der Waals surface area contributed by atoms with E-state index in [1.54, 1.807) is 7.11 Å². The Kier molecular flexibility index (Phi) is 4.72. The predicted molar refractivity (Wildman–Crippen MR) is 90.2 cm³/mol. The van der Waals surface area contributed by atoms with Crippen molar-refractivity contribution >= 4 is 16.7 Å². The molecule has 5 heteroatoms. The Balaban J connectivity index is 2.09. The van der Waals surface area contributed by atoms with Crippen molar-refractivity contribution in [1.29, 1.82) is 0 Å². The van der Waals surface area contributed by atoms with Gasteiger partial charge in [0.05, 0.1) is 12.3 Å². The van der Waals surface area contributed by atoms with Gasteiger partial charge in [-0.1, -0.05) is 54.6 Å². The third kappa shape index (κ3) is 3.21. The van der Waals surface area contributed by atoms with E-state index < -0.39 is 5.97 Å². The molecular weight excluding hydrogens is 306 g/mol. The van der Waals surface area contributed by atoms with E-state index in [0.29, 0.717) is 11.1 Å². The number of ether oxygens (including phenoxy) is 2. The molecule has 0 aliphatic rings. The van der Waals surface area contributed by atoms with Gasteiger partial charge in [0.2, 0.25) is 0 Å². The van der Waals surface area contributed by atoms with E-state index in [4.69, 9.17) is 9.47 Å². The molecule has 2 aromatic carbocycles. The number of pyridine rings is 1. The Morgan fingerprint density at radius 2 is 1.67 bits per heavy atom. The monoisotopic (exact) mass is 323 g/mol. The molecule has 0 aliphatic carbocycles. The first-order valence-electron chi connectivity index (χ1n) is 7.51. The molecular formula is C19H17NO4. The van der Waals surface area contributed by atoms with Crippen molar-refractivity contribution in [3.63, 3.8) is 0 Å². The molecule has 1 heterocycles. The smallest absolute Gasteiger partial charge is 0.358 e. The van der Waals surface area contributed by atoms with Gasteiger partial charge in [-0.3, -0.25) is 0 Å². The first-order valence-corrected chi connectivity index (χ1v) is 7.51. The number of fused-ring (bicyclic) bond motifs is 1. The second-order valence-corrected chi connectivity index (χ2v) is 5.29. The fourth-order valence-electron chi connectivity index (χ4n) is 2.57. The molecule has 1 N–H and O–H groups in total. The van der Waals surface area contributed by atoms with Gasteiger partial charge in [-0.25, -0.2) is 9.78 Å². The molecule has 0 spiro atoms. The van der Waals surface area contributed by atoms with E-state index in [-0.39, 0.29) is 24.7 Å². The first kappa shape index (κ1) is 16.0. The number of hydrogen-bond donors (Lipinski definition) is 1. The average molecular weight is 323 g/mol. The number of nitrogens with zero attached hydrogens (tertiary/aromatic N) is 1. The number of aromatic carboxylic acids is 1. The van der Waals surface area contributed by atoms with Crippen molar-refractivity contribution in [3.8, 4) is 5.75 Å². The lowest BCUT2D eigenvalue weighted by Gasteiger charge is -2.14. The van der Waals surface area contributed by atoms with Crippen molar-refractivity contribution < 1.29 is 19.4 Å². The van der Waals surface area contributed by atoms with Gasteiger partial charge in [0, 0.05) is 17.9 Å². The summed E-state index contributed by atoms with van der Waals surface area (Å²) in [5, 5.41) is 11.1. The second-order valence-electron chi connectivity index (χ2n) is 5.29. The average Bonchev–Trinajstić information content (AvgIpc) is 2.61. The molecule has 0 saturated heterocycles. The summed E-state index contributed by atoms with van der Waals surface area (Å²) in [7, 11) is 1.55. The maximum atomic E-state index is 11.6. The molecule has 24 heavy (non-hydrogen) atoms. The number of hydrogen-bond acceptors (Lipinski definition) is 4. The normalized spacial score (nSPS) is 10.7. The number of methoxy groups -OCH3 is 1. The number of carboxylic acids is 1. The van der Waals surface area contributed by atoms with E-state index in [1.807, 2.05) is 54.6 Å². The molecule has 0 amide bonds. The summed E-state index contributed by atoms with van der Waals surface area (Å²) in [4.78, 5) is 15.9. The van der Waals surface area contributed by atoms with Crippen LogP contribution in [0.3, 0.4) is 0 Å². The number of aromatic nitrogens is 1. The topological polar surface area (TPSA) is 68.7 Å². The summed E-state index contributed by atoms with van der Waals surface area (Å²) in [5.74, 6) is -0.844. The van der Waals surface area contributed by atoms with E-state index >= 15 is 0 Å². The Hall–Kier alpha value is -2.92. The molecule has 3 rings (SSSR count). The number of rotatable bonds is 6. The Bertz CT molecular complexity index is 862. The molecule has 5 nitrogen and oxygen atoms in total. The van der Waals surface area contributed by atoms with E-state index in [2.05, 4.69) is 4.98 Å². The third-order valence-corrected chi connectivity index (χ3v) is 3.65. The minimum Gasteiger partial charge on any atom is -0.486 e. The van der Waals surface area contributed by atoms with Crippen LogP contribution in [-0.4, -0.2) is 23.2 Å². The summed E-state index contributed by atoms with van der Waals surface area (Å²) in [5.41, 5.74) is 1.44. The quantitative estimate of drug-likeness (QED) is 0.750. The summed E-state index contributed by atoms with van der Waals surface area (Å²) in [6.45, 7) is 0.510. The minimum atomic E-state index is -1.12. The van der Waals surface area contributed by atoms with Gasteiger partial charge < -0.3 is 14.6 Å².